The topological polar surface area (TPSA) is 76.8 Å². The number of hydrogen-bond acceptors (Lipinski definition) is 5. The highest BCUT2D eigenvalue weighted by molar-refractivity contribution is 5.78. The number of carbonyl (C=O) groups is 1. The third kappa shape index (κ3) is 5.77. The lowest BCUT2D eigenvalue weighted by Crippen LogP contribution is -2.47. The lowest BCUT2D eigenvalue weighted by Gasteiger charge is -2.28. The third-order valence-electron chi connectivity index (χ3n) is 3.03. The van der Waals surface area contributed by atoms with E-state index in [2.05, 4.69) is 5.32 Å². The van der Waals surface area contributed by atoms with Crippen molar-refractivity contribution < 1.29 is 14.3 Å². The van der Waals surface area contributed by atoms with Gasteiger partial charge in [0, 0.05) is 26.2 Å². The zero-order valence-corrected chi connectivity index (χ0v) is 11.2. The normalized spacial score (nSPS) is 17.8. The number of nitrogens with zero attached hydrogens (tertiary/aromatic N) is 1. The van der Waals surface area contributed by atoms with Crippen LogP contribution in [0.4, 0.5) is 0 Å². The molecule has 3 N–H and O–H groups in total. The first-order valence-corrected chi connectivity index (χ1v) is 6.55. The van der Waals surface area contributed by atoms with Gasteiger partial charge in [-0.3, -0.25) is 4.79 Å². The van der Waals surface area contributed by atoms with Gasteiger partial charge in [0.05, 0.1) is 26.4 Å². The number of ether oxygens (including phenoxy) is 2. The Morgan fingerprint density at radius 2 is 2.22 bits per heavy atom. The molecule has 1 rings (SSSR count). The van der Waals surface area contributed by atoms with Crippen LogP contribution >= 0.6 is 0 Å². The monoisotopic (exact) mass is 259 g/mol. The van der Waals surface area contributed by atoms with Crippen LogP contribution in [-0.4, -0.2) is 70.0 Å². The van der Waals surface area contributed by atoms with Crippen molar-refractivity contribution in [1.82, 2.24) is 10.2 Å². The Morgan fingerprint density at radius 3 is 2.83 bits per heavy atom. The van der Waals surface area contributed by atoms with E-state index in [1.165, 1.54) is 0 Å². The van der Waals surface area contributed by atoms with E-state index in [1.807, 2.05) is 4.90 Å². The van der Waals surface area contributed by atoms with Gasteiger partial charge in [0.1, 0.15) is 0 Å². The second kappa shape index (κ2) is 9.27. The molecule has 1 saturated heterocycles. The Kier molecular flexibility index (Phi) is 7.91. The summed E-state index contributed by atoms with van der Waals surface area (Å²) in [6.07, 6.45) is 1.87. The van der Waals surface area contributed by atoms with Crippen molar-refractivity contribution in [3.63, 3.8) is 0 Å². The van der Waals surface area contributed by atoms with E-state index in [0.717, 1.165) is 12.8 Å². The molecule has 1 fully saturated rings. The van der Waals surface area contributed by atoms with Crippen LogP contribution in [0.2, 0.25) is 0 Å². The van der Waals surface area contributed by atoms with Crippen LogP contribution < -0.4 is 11.1 Å². The molecule has 1 atom stereocenters. The van der Waals surface area contributed by atoms with Crippen LogP contribution in [0.25, 0.3) is 0 Å². The van der Waals surface area contributed by atoms with E-state index < -0.39 is 0 Å². The second-order valence-corrected chi connectivity index (χ2v) is 4.46. The third-order valence-corrected chi connectivity index (χ3v) is 3.03. The highest BCUT2D eigenvalue weighted by atomic mass is 16.5. The largest absolute Gasteiger partial charge is 0.383 e. The number of nitrogens with two attached hydrogens (primary N) is 1. The van der Waals surface area contributed by atoms with Gasteiger partial charge >= 0.3 is 0 Å². The molecular weight excluding hydrogens is 234 g/mol. The van der Waals surface area contributed by atoms with E-state index in [0.29, 0.717) is 46.0 Å². The fourth-order valence-electron chi connectivity index (χ4n) is 1.97. The second-order valence-electron chi connectivity index (χ2n) is 4.46. The fourth-order valence-corrected chi connectivity index (χ4v) is 1.97. The van der Waals surface area contributed by atoms with Crippen LogP contribution in [0.5, 0.6) is 0 Å². The van der Waals surface area contributed by atoms with Gasteiger partial charge in [0.2, 0.25) is 5.91 Å². The molecule has 1 amide bonds. The van der Waals surface area contributed by atoms with Gasteiger partial charge in [0.25, 0.3) is 0 Å². The highest BCUT2D eigenvalue weighted by Crippen LogP contribution is 1.99. The summed E-state index contributed by atoms with van der Waals surface area (Å²) in [6, 6.07) is 0.198. The molecule has 0 radical (unpaired) electrons. The first kappa shape index (κ1) is 15.4. The number of nitrogens with one attached hydrogen (secondary N) is 1. The number of methoxy groups -OCH3 is 1. The first-order valence-electron chi connectivity index (χ1n) is 6.55. The van der Waals surface area contributed by atoms with E-state index in [9.17, 15) is 4.79 Å². The van der Waals surface area contributed by atoms with Gasteiger partial charge in [-0.05, 0) is 19.4 Å². The van der Waals surface area contributed by atoms with Crippen molar-refractivity contribution in [3.05, 3.63) is 0 Å². The molecule has 1 heterocycles. The van der Waals surface area contributed by atoms with Crippen LogP contribution in [-0.2, 0) is 14.3 Å². The summed E-state index contributed by atoms with van der Waals surface area (Å²) in [4.78, 5) is 13.8. The molecule has 0 saturated carbocycles. The molecule has 0 aromatic heterocycles. The first-order chi connectivity index (χ1) is 8.77. The van der Waals surface area contributed by atoms with Crippen molar-refractivity contribution in [3.8, 4) is 0 Å². The lowest BCUT2D eigenvalue weighted by atomic mass is 10.1. The smallest absolute Gasteiger partial charge is 0.236 e. The summed E-state index contributed by atoms with van der Waals surface area (Å²) >= 11 is 0. The fraction of sp³-hybridized carbons (Fsp3) is 0.917. The maximum Gasteiger partial charge on any atom is 0.236 e. The highest BCUT2D eigenvalue weighted by Gasteiger charge is 2.17. The Labute approximate surface area is 109 Å². The molecular formula is C12H25N3O3. The van der Waals surface area contributed by atoms with E-state index in [1.54, 1.807) is 7.11 Å². The number of carbonyl (C=O) groups excluding carboxylic acids is 1. The summed E-state index contributed by atoms with van der Waals surface area (Å²) in [7, 11) is 1.67. The number of amides is 1. The molecule has 6 heteroatoms. The van der Waals surface area contributed by atoms with Gasteiger partial charge in [0.15, 0.2) is 0 Å². The van der Waals surface area contributed by atoms with Gasteiger partial charge in [-0.1, -0.05) is 0 Å². The maximum atomic E-state index is 11.9. The molecule has 0 aliphatic carbocycles. The van der Waals surface area contributed by atoms with Gasteiger partial charge in [-0.15, -0.1) is 0 Å². The summed E-state index contributed by atoms with van der Waals surface area (Å²) in [6.45, 7) is 4.30. The molecule has 0 aromatic carbocycles. The minimum atomic E-state index is 0.132. The molecule has 6 nitrogen and oxygen atoms in total. The van der Waals surface area contributed by atoms with Crippen molar-refractivity contribution in [1.29, 1.82) is 0 Å². The van der Waals surface area contributed by atoms with E-state index in [-0.39, 0.29) is 11.9 Å². The van der Waals surface area contributed by atoms with Crippen LogP contribution in [0.1, 0.15) is 12.8 Å². The standard InChI is InChI=1S/C12H25N3O3/c1-17-10-11(3-2-4-13)14-9-12(16)15-5-7-18-8-6-15/h11,14H,2-10,13H2,1H3. The zero-order valence-electron chi connectivity index (χ0n) is 11.2. The molecule has 1 unspecified atom stereocenters. The predicted molar refractivity (Wildman–Crippen MR) is 69.4 cm³/mol. The molecule has 1 aliphatic heterocycles. The molecule has 0 bridgehead atoms. The molecule has 18 heavy (non-hydrogen) atoms. The molecule has 0 aromatic rings. The van der Waals surface area contributed by atoms with Gasteiger partial charge in [-0.2, -0.15) is 0 Å². The van der Waals surface area contributed by atoms with Crippen LogP contribution in [0.15, 0.2) is 0 Å². The van der Waals surface area contributed by atoms with E-state index in [4.69, 9.17) is 15.2 Å². The predicted octanol–water partition coefficient (Wildman–Crippen LogP) is -0.811. The van der Waals surface area contributed by atoms with Crippen LogP contribution in [0, 0.1) is 0 Å². The SMILES string of the molecule is COCC(CCCN)NCC(=O)N1CCOCC1. The summed E-state index contributed by atoms with van der Waals surface area (Å²) in [5, 5.41) is 3.24. The minimum Gasteiger partial charge on any atom is -0.383 e. The zero-order chi connectivity index (χ0) is 13.2. The lowest BCUT2D eigenvalue weighted by molar-refractivity contribution is -0.134. The van der Waals surface area contributed by atoms with Crippen LogP contribution in [0.3, 0.4) is 0 Å². The average molecular weight is 259 g/mol. The van der Waals surface area contributed by atoms with Crippen molar-refractivity contribution in [2.75, 3.05) is 53.1 Å². The summed E-state index contributed by atoms with van der Waals surface area (Å²) in [5.41, 5.74) is 5.49. The summed E-state index contributed by atoms with van der Waals surface area (Å²) in [5.74, 6) is 0.132. The Balaban J connectivity index is 2.24. The number of hydrogen-bond donors (Lipinski definition) is 2. The Bertz CT molecular complexity index is 233. The average Bonchev–Trinajstić information content (AvgIpc) is 2.42. The Hall–Kier alpha value is -0.690. The van der Waals surface area contributed by atoms with Crippen molar-refractivity contribution >= 4 is 5.91 Å². The minimum absolute atomic E-state index is 0.132. The molecule has 106 valence electrons. The number of rotatable bonds is 8. The molecule has 1 aliphatic rings. The maximum absolute atomic E-state index is 11.9. The number of morpholine rings is 1. The summed E-state index contributed by atoms with van der Waals surface area (Å²) < 4.78 is 10.3. The Morgan fingerprint density at radius 1 is 1.50 bits per heavy atom. The van der Waals surface area contributed by atoms with Gasteiger partial charge < -0.3 is 25.4 Å². The van der Waals surface area contributed by atoms with E-state index >= 15 is 0 Å². The van der Waals surface area contributed by atoms with Gasteiger partial charge in [-0.25, -0.2) is 0 Å². The quantitative estimate of drug-likeness (QED) is 0.596. The van der Waals surface area contributed by atoms with Crippen molar-refractivity contribution in [2.24, 2.45) is 5.73 Å². The molecule has 0 spiro atoms. The van der Waals surface area contributed by atoms with Crippen molar-refractivity contribution in [2.45, 2.75) is 18.9 Å².